The third-order valence-electron chi connectivity index (χ3n) is 6.90. The molecule has 1 aromatic carbocycles. The van der Waals surface area contributed by atoms with E-state index >= 15 is 0 Å². The number of rotatable bonds is 3. The SMILES string of the molecule is CC1CN(C)C(C)N1C.CC1CN(C)C(C)N1C.CCc1ccc(C(=O)O)c(C(=O)O)c1. The molecule has 2 saturated heterocycles. The molecule has 0 spiro atoms. The Morgan fingerprint density at radius 2 is 1.22 bits per heavy atom. The summed E-state index contributed by atoms with van der Waals surface area (Å²) in [6, 6.07) is 5.79. The predicted octanol–water partition coefficient (Wildman–Crippen LogP) is 2.84. The molecule has 0 amide bonds. The molecule has 1 aromatic rings. The number of hydrogen-bond donors (Lipinski definition) is 2. The van der Waals surface area contributed by atoms with Crippen LogP contribution in [0.25, 0.3) is 0 Å². The van der Waals surface area contributed by atoms with Gasteiger partial charge in [0.2, 0.25) is 0 Å². The van der Waals surface area contributed by atoms with E-state index in [9.17, 15) is 9.59 Å². The maximum Gasteiger partial charge on any atom is 0.336 e. The largest absolute Gasteiger partial charge is 0.478 e. The van der Waals surface area contributed by atoms with Gasteiger partial charge < -0.3 is 10.2 Å². The van der Waals surface area contributed by atoms with E-state index in [1.54, 1.807) is 6.07 Å². The number of nitrogens with zero attached hydrogens (tertiary/aromatic N) is 4. The first-order valence-electron chi connectivity index (χ1n) is 11.3. The molecule has 0 aromatic heterocycles. The summed E-state index contributed by atoms with van der Waals surface area (Å²) in [6.45, 7) is 13.3. The number of carboxylic acids is 2. The van der Waals surface area contributed by atoms with E-state index in [0.717, 1.165) is 17.6 Å². The third-order valence-corrected chi connectivity index (χ3v) is 6.90. The second-order valence-electron chi connectivity index (χ2n) is 9.02. The summed E-state index contributed by atoms with van der Waals surface area (Å²) in [4.78, 5) is 30.9. The van der Waals surface area contributed by atoms with Crippen molar-refractivity contribution in [2.24, 2.45) is 0 Å². The lowest BCUT2D eigenvalue weighted by Gasteiger charge is -2.21. The topological polar surface area (TPSA) is 87.6 Å². The van der Waals surface area contributed by atoms with Crippen molar-refractivity contribution in [3.63, 3.8) is 0 Å². The summed E-state index contributed by atoms with van der Waals surface area (Å²) in [5.74, 6) is -2.43. The lowest BCUT2D eigenvalue weighted by molar-refractivity contribution is 0.0651. The summed E-state index contributed by atoms with van der Waals surface area (Å²) in [5, 5.41) is 17.5. The van der Waals surface area contributed by atoms with Crippen LogP contribution in [0.5, 0.6) is 0 Å². The van der Waals surface area contributed by atoms with E-state index in [2.05, 4.69) is 75.5 Å². The lowest BCUT2D eigenvalue weighted by Crippen LogP contribution is -2.32. The summed E-state index contributed by atoms with van der Waals surface area (Å²) in [7, 11) is 8.70. The number of benzene rings is 1. The summed E-state index contributed by atoms with van der Waals surface area (Å²) < 4.78 is 0. The zero-order chi connectivity index (χ0) is 24.7. The highest BCUT2D eigenvalue weighted by Gasteiger charge is 2.28. The van der Waals surface area contributed by atoms with Gasteiger partial charge in [0.25, 0.3) is 0 Å². The van der Waals surface area contributed by atoms with Gasteiger partial charge in [0.1, 0.15) is 0 Å². The van der Waals surface area contributed by atoms with E-state index in [4.69, 9.17) is 10.2 Å². The molecule has 0 bridgehead atoms. The Balaban J connectivity index is 0.000000250. The Morgan fingerprint density at radius 3 is 1.44 bits per heavy atom. The number of aryl methyl sites for hydroxylation is 1. The van der Waals surface area contributed by atoms with Gasteiger partial charge in [0.05, 0.1) is 23.5 Å². The van der Waals surface area contributed by atoms with Crippen LogP contribution >= 0.6 is 0 Å². The van der Waals surface area contributed by atoms with Gasteiger partial charge in [0.15, 0.2) is 0 Å². The van der Waals surface area contributed by atoms with Gasteiger partial charge in [-0.3, -0.25) is 19.6 Å². The smallest absolute Gasteiger partial charge is 0.336 e. The van der Waals surface area contributed by atoms with E-state index in [1.165, 1.54) is 25.2 Å². The molecule has 2 heterocycles. The van der Waals surface area contributed by atoms with Crippen molar-refractivity contribution in [1.29, 1.82) is 0 Å². The van der Waals surface area contributed by atoms with Gasteiger partial charge in [-0.1, -0.05) is 13.0 Å². The number of likely N-dealkylation sites (N-methyl/N-ethyl adjacent to an activating group) is 4. The summed E-state index contributed by atoms with van der Waals surface area (Å²) in [5.41, 5.74) is 0.485. The first-order valence-corrected chi connectivity index (χ1v) is 11.3. The monoisotopic (exact) mass is 450 g/mol. The molecule has 2 aliphatic heterocycles. The van der Waals surface area contributed by atoms with Crippen molar-refractivity contribution in [3.05, 3.63) is 34.9 Å². The molecule has 2 aliphatic rings. The van der Waals surface area contributed by atoms with Crippen LogP contribution < -0.4 is 0 Å². The maximum absolute atomic E-state index is 10.7. The highest BCUT2D eigenvalue weighted by atomic mass is 16.4. The van der Waals surface area contributed by atoms with Gasteiger partial charge in [-0.2, -0.15) is 0 Å². The quantitative estimate of drug-likeness (QED) is 0.727. The standard InChI is InChI=1S/C10H10O4.2C7H16N2/c1-2-6-3-4-7(9(11)12)8(5-6)10(13)14;2*1-6-5-8(3)7(2)9(6)4/h3-5H,2H2,1H3,(H,11,12)(H,13,14);2*6-7H,5H2,1-4H3. The van der Waals surface area contributed by atoms with E-state index in [-0.39, 0.29) is 11.1 Å². The van der Waals surface area contributed by atoms with E-state index in [0.29, 0.717) is 18.8 Å². The van der Waals surface area contributed by atoms with E-state index in [1.807, 2.05) is 6.92 Å². The normalized spacial score (nSPS) is 26.8. The molecule has 2 N–H and O–H groups in total. The highest BCUT2D eigenvalue weighted by Crippen LogP contribution is 2.15. The van der Waals surface area contributed by atoms with Gasteiger partial charge >= 0.3 is 11.9 Å². The van der Waals surface area contributed by atoms with Gasteiger partial charge in [-0.25, -0.2) is 9.59 Å². The molecule has 2 fully saturated rings. The number of carboxylic acid groups (broad SMARTS) is 2. The van der Waals surface area contributed by atoms with Crippen LogP contribution in [0.15, 0.2) is 18.2 Å². The van der Waals surface area contributed by atoms with Crippen molar-refractivity contribution in [3.8, 4) is 0 Å². The number of aromatic carboxylic acids is 2. The Hall–Kier alpha value is -2.00. The molecular weight excluding hydrogens is 408 g/mol. The van der Waals surface area contributed by atoms with E-state index < -0.39 is 11.9 Å². The Labute approximate surface area is 193 Å². The molecule has 8 heteroatoms. The second kappa shape index (κ2) is 12.3. The van der Waals surface area contributed by atoms with Crippen LogP contribution in [0.1, 0.15) is 60.9 Å². The summed E-state index contributed by atoms with van der Waals surface area (Å²) >= 11 is 0. The van der Waals surface area contributed by atoms with Crippen LogP contribution in [0.2, 0.25) is 0 Å². The first kappa shape index (κ1) is 28.0. The molecule has 3 rings (SSSR count). The third kappa shape index (κ3) is 7.27. The van der Waals surface area contributed by atoms with Gasteiger partial charge in [-0.05, 0) is 80.0 Å². The number of hydrogen-bond acceptors (Lipinski definition) is 6. The Morgan fingerprint density at radius 1 is 0.812 bits per heavy atom. The molecule has 32 heavy (non-hydrogen) atoms. The molecule has 4 unspecified atom stereocenters. The van der Waals surface area contributed by atoms with Crippen LogP contribution in [0.4, 0.5) is 0 Å². The van der Waals surface area contributed by atoms with Crippen molar-refractivity contribution < 1.29 is 19.8 Å². The Bertz CT molecular complexity index is 722. The Kier molecular flexibility index (Phi) is 10.8. The van der Waals surface area contributed by atoms with Crippen molar-refractivity contribution in [2.45, 2.75) is 65.5 Å². The van der Waals surface area contributed by atoms with Crippen LogP contribution in [0.3, 0.4) is 0 Å². The summed E-state index contributed by atoms with van der Waals surface area (Å²) in [6.07, 6.45) is 1.93. The van der Waals surface area contributed by atoms with Crippen LogP contribution in [-0.4, -0.2) is 107 Å². The van der Waals surface area contributed by atoms with Crippen LogP contribution in [-0.2, 0) is 6.42 Å². The highest BCUT2D eigenvalue weighted by molar-refractivity contribution is 6.01. The predicted molar refractivity (Wildman–Crippen MR) is 128 cm³/mol. The molecular formula is C24H42N4O4. The molecule has 182 valence electrons. The molecule has 0 aliphatic carbocycles. The van der Waals surface area contributed by atoms with Crippen molar-refractivity contribution in [1.82, 2.24) is 19.6 Å². The first-order chi connectivity index (χ1) is 14.8. The number of carbonyl (C=O) groups is 2. The fourth-order valence-electron chi connectivity index (χ4n) is 3.93. The fourth-order valence-corrected chi connectivity index (χ4v) is 3.93. The van der Waals surface area contributed by atoms with Gasteiger partial charge in [-0.15, -0.1) is 0 Å². The zero-order valence-corrected chi connectivity index (χ0v) is 21.2. The fraction of sp³-hybridized carbons (Fsp3) is 0.667. The average molecular weight is 451 g/mol. The van der Waals surface area contributed by atoms with Gasteiger partial charge in [0, 0.05) is 25.2 Å². The average Bonchev–Trinajstić information content (AvgIpc) is 3.10. The van der Waals surface area contributed by atoms with Crippen molar-refractivity contribution in [2.75, 3.05) is 41.3 Å². The molecule has 0 saturated carbocycles. The second-order valence-corrected chi connectivity index (χ2v) is 9.02. The van der Waals surface area contributed by atoms with Crippen molar-refractivity contribution >= 4 is 11.9 Å². The lowest BCUT2D eigenvalue weighted by atomic mass is 10.0. The van der Waals surface area contributed by atoms with Crippen LogP contribution in [0, 0.1) is 0 Å². The zero-order valence-electron chi connectivity index (χ0n) is 21.2. The maximum atomic E-state index is 10.7. The minimum absolute atomic E-state index is 0.156. The molecule has 0 radical (unpaired) electrons. The minimum Gasteiger partial charge on any atom is -0.478 e. The molecule has 8 nitrogen and oxygen atoms in total. The minimum atomic E-state index is -1.22. The molecule has 4 atom stereocenters.